The average Bonchev–Trinajstić information content (AvgIpc) is 2.70. The van der Waals surface area contributed by atoms with Crippen LogP contribution in [0.1, 0.15) is 20.7 Å². The van der Waals surface area contributed by atoms with Gasteiger partial charge < -0.3 is 9.47 Å². The summed E-state index contributed by atoms with van der Waals surface area (Å²) >= 11 is 0. The highest BCUT2D eigenvalue weighted by Crippen LogP contribution is 2.00. The van der Waals surface area contributed by atoms with Crippen LogP contribution >= 0.6 is 0 Å². The fourth-order valence-electron chi connectivity index (χ4n) is 1.79. The molecule has 0 unspecified atom stereocenters. The van der Waals surface area contributed by atoms with E-state index in [0.717, 1.165) is 0 Å². The van der Waals surface area contributed by atoms with Gasteiger partial charge in [0, 0.05) is 24.8 Å². The Balaban J connectivity index is 1.60. The highest BCUT2D eigenvalue weighted by atomic mass is 16.5. The van der Waals surface area contributed by atoms with Crippen LogP contribution < -0.4 is 0 Å². The predicted molar refractivity (Wildman–Crippen MR) is 96.5 cm³/mol. The van der Waals surface area contributed by atoms with Crippen molar-refractivity contribution < 1.29 is 19.1 Å². The van der Waals surface area contributed by atoms with Crippen molar-refractivity contribution >= 4 is 11.9 Å². The van der Waals surface area contributed by atoms with Gasteiger partial charge in [-0.15, -0.1) is 0 Å². The monoisotopic (exact) mass is 350 g/mol. The van der Waals surface area contributed by atoms with E-state index in [1.807, 2.05) is 0 Å². The molecule has 0 spiro atoms. The van der Waals surface area contributed by atoms with Crippen molar-refractivity contribution in [2.45, 2.75) is 0 Å². The number of esters is 2. The van der Waals surface area contributed by atoms with Crippen LogP contribution in [0.3, 0.4) is 0 Å². The number of allylic oxidation sites excluding steroid dienone is 4. The second-order valence-corrected chi connectivity index (χ2v) is 4.91. The van der Waals surface area contributed by atoms with E-state index in [1.54, 1.807) is 60.7 Å². The lowest BCUT2D eigenvalue weighted by Crippen LogP contribution is -2.04. The topological polar surface area (TPSA) is 78.4 Å². The number of ether oxygens (including phenoxy) is 2. The molecule has 0 atom stereocenters. The molecule has 0 saturated heterocycles. The minimum Gasteiger partial charge on any atom is -0.458 e. The van der Waals surface area contributed by atoms with E-state index >= 15 is 0 Å². The van der Waals surface area contributed by atoms with Crippen LogP contribution in [0.4, 0.5) is 0 Å². The minimum atomic E-state index is -0.392. The van der Waals surface area contributed by atoms with Gasteiger partial charge in [-0.05, 0) is 36.4 Å². The highest BCUT2D eigenvalue weighted by Gasteiger charge is 2.04. The zero-order valence-electron chi connectivity index (χ0n) is 14.0. The van der Waals surface area contributed by atoms with Crippen molar-refractivity contribution in [2.24, 2.45) is 0 Å². The Morgan fingerprint density at radius 1 is 0.692 bits per heavy atom. The maximum atomic E-state index is 11.7. The molecule has 0 bridgehead atoms. The van der Waals surface area contributed by atoms with E-state index in [2.05, 4.69) is 9.97 Å². The van der Waals surface area contributed by atoms with Crippen LogP contribution in [0.15, 0.2) is 85.5 Å². The Labute approximate surface area is 151 Å². The summed E-state index contributed by atoms with van der Waals surface area (Å²) in [6.45, 7) is 0.359. The zero-order valence-corrected chi connectivity index (χ0v) is 14.0. The maximum absolute atomic E-state index is 11.7. The average molecular weight is 350 g/mol. The third-order valence-electron chi connectivity index (χ3n) is 3.06. The first-order chi connectivity index (χ1) is 12.8. The smallest absolute Gasteiger partial charge is 0.338 e. The molecule has 0 aliphatic carbocycles. The molecule has 0 fully saturated rings. The molecule has 0 radical (unpaired) electrons. The van der Waals surface area contributed by atoms with Crippen molar-refractivity contribution in [2.75, 3.05) is 13.2 Å². The van der Waals surface area contributed by atoms with Crippen LogP contribution in [-0.4, -0.2) is 35.1 Å². The van der Waals surface area contributed by atoms with Gasteiger partial charge in [-0.1, -0.05) is 24.3 Å². The minimum absolute atomic E-state index is 0.179. The molecule has 0 saturated carbocycles. The summed E-state index contributed by atoms with van der Waals surface area (Å²) in [5, 5.41) is 0. The number of pyridine rings is 2. The second kappa shape index (κ2) is 11.1. The third kappa shape index (κ3) is 6.92. The molecule has 2 aromatic rings. The molecule has 132 valence electrons. The molecular formula is C20H18N2O4. The van der Waals surface area contributed by atoms with Gasteiger partial charge in [0.15, 0.2) is 0 Å². The molecule has 0 amide bonds. The van der Waals surface area contributed by atoms with Crippen molar-refractivity contribution in [1.82, 2.24) is 9.97 Å². The number of nitrogens with zero attached hydrogens (tertiary/aromatic N) is 2. The van der Waals surface area contributed by atoms with E-state index in [0.29, 0.717) is 11.1 Å². The molecule has 2 rings (SSSR count). The number of hydrogen-bond acceptors (Lipinski definition) is 6. The molecule has 6 heteroatoms. The standard InChI is InChI=1S/C20H18N2O4/c23-19(17-7-11-21-12-8-17)25-15-5-3-1-2-4-6-16-26-20(24)18-9-13-22-14-10-18/h1-14H,15-16H2/b2-1+,5-3+,6-4+. The Kier molecular flexibility index (Phi) is 8.02. The molecular weight excluding hydrogens is 332 g/mol. The van der Waals surface area contributed by atoms with Gasteiger partial charge in [0.1, 0.15) is 13.2 Å². The quantitative estimate of drug-likeness (QED) is 0.537. The number of carbonyl (C=O) groups excluding carboxylic acids is 2. The fourth-order valence-corrected chi connectivity index (χ4v) is 1.79. The predicted octanol–water partition coefficient (Wildman–Crippen LogP) is 3.16. The lowest BCUT2D eigenvalue weighted by atomic mass is 10.3. The van der Waals surface area contributed by atoms with Crippen LogP contribution in [-0.2, 0) is 9.47 Å². The van der Waals surface area contributed by atoms with Gasteiger partial charge in [0.2, 0.25) is 0 Å². The Morgan fingerprint density at radius 3 is 1.46 bits per heavy atom. The zero-order chi connectivity index (χ0) is 18.5. The lowest BCUT2D eigenvalue weighted by Gasteiger charge is -2.00. The van der Waals surface area contributed by atoms with Crippen molar-refractivity contribution in [1.29, 1.82) is 0 Å². The van der Waals surface area contributed by atoms with Gasteiger partial charge in [0.25, 0.3) is 0 Å². The second-order valence-electron chi connectivity index (χ2n) is 4.91. The molecule has 0 N–H and O–H groups in total. The van der Waals surface area contributed by atoms with Crippen molar-refractivity contribution in [3.05, 3.63) is 96.6 Å². The summed E-state index contributed by atoms with van der Waals surface area (Å²) in [5.74, 6) is -0.783. The van der Waals surface area contributed by atoms with Gasteiger partial charge in [-0.25, -0.2) is 9.59 Å². The largest absolute Gasteiger partial charge is 0.458 e. The number of hydrogen-bond donors (Lipinski definition) is 0. The lowest BCUT2D eigenvalue weighted by molar-refractivity contribution is 0.0540. The maximum Gasteiger partial charge on any atom is 0.338 e. The van der Waals surface area contributed by atoms with Crippen molar-refractivity contribution in [3.63, 3.8) is 0 Å². The van der Waals surface area contributed by atoms with E-state index in [9.17, 15) is 9.59 Å². The third-order valence-corrected chi connectivity index (χ3v) is 3.06. The fraction of sp³-hybridized carbons (Fsp3) is 0.100. The first-order valence-corrected chi connectivity index (χ1v) is 7.90. The van der Waals surface area contributed by atoms with Crippen molar-refractivity contribution in [3.8, 4) is 0 Å². The first kappa shape index (κ1) is 18.8. The van der Waals surface area contributed by atoms with Gasteiger partial charge in [-0.3, -0.25) is 9.97 Å². The van der Waals surface area contributed by atoms with Crippen LogP contribution in [0, 0.1) is 0 Å². The molecule has 2 heterocycles. The summed E-state index contributed by atoms with van der Waals surface area (Å²) in [7, 11) is 0. The summed E-state index contributed by atoms with van der Waals surface area (Å²) in [6.07, 6.45) is 16.7. The van der Waals surface area contributed by atoms with Crippen LogP contribution in [0.25, 0.3) is 0 Å². The molecule has 0 aromatic carbocycles. The summed E-state index contributed by atoms with van der Waals surface area (Å²) in [4.78, 5) is 31.0. The Hall–Kier alpha value is -3.54. The highest BCUT2D eigenvalue weighted by molar-refractivity contribution is 5.89. The van der Waals surface area contributed by atoms with Gasteiger partial charge in [-0.2, -0.15) is 0 Å². The van der Waals surface area contributed by atoms with Crippen LogP contribution in [0.5, 0.6) is 0 Å². The van der Waals surface area contributed by atoms with E-state index in [-0.39, 0.29) is 13.2 Å². The summed E-state index contributed by atoms with van der Waals surface area (Å²) in [5.41, 5.74) is 0.932. The van der Waals surface area contributed by atoms with E-state index in [4.69, 9.17) is 9.47 Å². The van der Waals surface area contributed by atoms with Gasteiger partial charge >= 0.3 is 11.9 Å². The number of aromatic nitrogens is 2. The Morgan fingerprint density at radius 2 is 1.08 bits per heavy atom. The number of rotatable bonds is 8. The van der Waals surface area contributed by atoms with E-state index < -0.39 is 11.9 Å². The first-order valence-electron chi connectivity index (χ1n) is 7.90. The molecule has 0 aliphatic rings. The molecule has 2 aromatic heterocycles. The van der Waals surface area contributed by atoms with Gasteiger partial charge in [0.05, 0.1) is 11.1 Å². The number of carbonyl (C=O) groups is 2. The normalized spacial score (nSPS) is 11.2. The molecule has 0 aliphatic heterocycles. The summed E-state index contributed by atoms with van der Waals surface area (Å²) in [6, 6.07) is 6.38. The molecule has 26 heavy (non-hydrogen) atoms. The van der Waals surface area contributed by atoms with Crippen LogP contribution in [0.2, 0.25) is 0 Å². The SMILES string of the molecule is O=C(OC/C=C/C=C/C=C/COC(=O)c1ccncc1)c1ccncc1. The Bertz CT molecular complexity index is 716. The molecule has 6 nitrogen and oxygen atoms in total. The van der Waals surface area contributed by atoms with E-state index in [1.165, 1.54) is 24.8 Å². The summed E-state index contributed by atoms with van der Waals surface area (Å²) < 4.78 is 10.1.